The van der Waals surface area contributed by atoms with Crippen molar-refractivity contribution in [3.63, 3.8) is 0 Å². The number of H-pyrrole nitrogens is 1. The summed E-state index contributed by atoms with van der Waals surface area (Å²) in [6, 6.07) is 6.88. The first-order valence-electron chi connectivity index (χ1n) is 5.26. The maximum atomic E-state index is 11.8. The molecule has 6 heteroatoms. The zero-order valence-electron chi connectivity index (χ0n) is 9.79. The molecule has 0 aliphatic rings. The summed E-state index contributed by atoms with van der Waals surface area (Å²) in [5.41, 5.74) is 0.962. The van der Waals surface area contributed by atoms with Gasteiger partial charge in [-0.3, -0.25) is 4.79 Å². The molecular weight excluding hydrogens is 376 g/mol. The minimum Gasteiger partial charge on any atom is -0.506 e. The number of hydrogen-bond acceptors (Lipinski definition) is 3. The topological polar surface area (TPSA) is 76.9 Å². The second-order valence-corrected chi connectivity index (χ2v) is 5.74. The molecule has 0 bridgehead atoms. The van der Waals surface area contributed by atoms with E-state index in [0.29, 0.717) is 21.3 Å². The summed E-state index contributed by atoms with van der Waals surface area (Å²) in [5.74, 6) is -0.00954. The van der Waals surface area contributed by atoms with E-state index in [1.165, 1.54) is 0 Å². The Morgan fingerprint density at radius 2 is 1.95 bits per heavy atom. The Morgan fingerprint density at radius 3 is 2.58 bits per heavy atom. The van der Waals surface area contributed by atoms with Crippen LogP contribution in [0.5, 0.6) is 5.75 Å². The number of aromatic amines is 1. The van der Waals surface area contributed by atoms with E-state index in [-0.39, 0.29) is 11.3 Å². The van der Waals surface area contributed by atoms with Crippen LogP contribution in [0.1, 0.15) is 11.3 Å². The predicted octanol–water partition coefficient (Wildman–Crippen LogP) is 3.45. The Labute approximate surface area is 126 Å². The number of nitrogens with one attached hydrogen (secondary N) is 1. The number of phenols is 1. The van der Waals surface area contributed by atoms with Crippen LogP contribution < -0.4 is 5.56 Å². The number of aromatic hydroxyl groups is 1. The molecule has 0 aliphatic heterocycles. The van der Waals surface area contributed by atoms with Crippen LogP contribution in [0.25, 0.3) is 11.1 Å². The molecule has 2 N–H and O–H groups in total. The van der Waals surface area contributed by atoms with Crippen molar-refractivity contribution in [2.24, 2.45) is 0 Å². The molecule has 0 saturated carbocycles. The van der Waals surface area contributed by atoms with Gasteiger partial charge in [0.05, 0.1) is 4.47 Å². The van der Waals surface area contributed by atoms with Crippen LogP contribution in [0.3, 0.4) is 0 Å². The number of aromatic nitrogens is 1. The Bertz CT molecular complexity index is 760. The van der Waals surface area contributed by atoms with Crippen molar-refractivity contribution in [2.45, 2.75) is 6.92 Å². The third-order valence-corrected chi connectivity index (χ3v) is 3.66. The molecule has 0 fully saturated rings. The minimum absolute atomic E-state index is 0.00954. The smallest absolute Gasteiger partial charge is 0.266 e. The summed E-state index contributed by atoms with van der Waals surface area (Å²) < 4.78 is 1.22. The summed E-state index contributed by atoms with van der Waals surface area (Å²) in [6.07, 6.45) is 0. The highest BCUT2D eigenvalue weighted by atomic mass is 79.9. The largest absolute Gasteiger partial charge is 0.506 e. The molecule has 1 aromatic heterocycles. The van der Waals surface area contributed by atoms with Crippen LogP contribution in [-0.4, -0.2) is 10.1 Å². The first-order valence-corrected chi connectivity index (χ1v) is 6.85. The van der Waals surface area contributed by atoms with Crippen LogP contribution in [0.4, 0.5) is 0 Å². The van der Waals surface area contributed by atoms with E-state index in [4.69, 9.17) is 5.26 Å². The fraction of sp³-hybridized carbons (Fsp3) is 0.0769. The van der Waals surface area contributed by atoms with Gasteiger partial charge in [-0.15, -0.1) is 0 Å². The molecule has 96 valence electrons. The van der Waals surface area contributed by atoms with Gasteiger partial charge in [0.2, 0.25) is 0 Å². The average Bonchev–Trinajstić information content (AvgIpc) is 2.33. The standard InChI is InChI=1S/C13H8Br2N2O2/c1-6-2-8(10(5-16)13(19)17-6)9-3-7(14)4-11(15)12(9)18/h2-4,18H,1H3,(H,17,19). The number of halogens is 2. The van der Waals surface area contributed by atoms with E-state index in [1.807, 2.05) is 6.07 Å². The van der Waals surface area contributed by atoms with Gasteiger partial charge >= 0.3 is 0 Å². The lowest BCUT2D eigenvalue weighted by atomic mass is 10.0. The Hall–Kier alpha value is -1.58. The Kier molecular flexibility index (Phi) is 3.78. The molecule has 2 rings (SSSR count). The van der Waals surface area contributed by atoms with Gasteiger partial charge in [0.1, 0.15) is 17.4 Å². The third kappa shape index (κ3) is 2.57. The van der Waals surface area contributed by atoms with Crippen molar-refractivity contribution < 1.29 is 5.11 Å². The van der Waals surface area contributed by atoms with Crippen molar-refractivity contribution in [1.29, 1.82) is 5.26 Å². The van der Waals surface area contributed by atoms with Crippen LogP contribution >= 0.6 is 31.9 Å². The van der Waals surface area contributed by atoms with Gasteiger partial charge < -0.3 is 10.1 Å². The average molecular weight is 384 g/mol. The van der Waals surface area contributed by atoms with Crippen LogP contribution in [0.15, 0.2) is 31.9 Å². The number of hydrogen-bond donors (Lipinski definition) is 2. The third-order valence-electron chi connectivity index (χ3n) is 2.60. The first kappa shape index (κ1) is 13.8. The van der Waals surface area contributed by atoms with E-state index < -0.39 is 5.56 Å². The highest BCUT2D eigenvalue weighted by molar-refractivity contribution is 9.11. The Balaban J connectivity index is 2.87. The lowest BCUT2D eigenvalue weighted by Gasteiger charge is -2.09. The van der Waals surface area contributed by atoms with Crippen molar-refractivity contribution in [3.8, 4) is 22.9 Å². The molecular formula is C13H8Br2N2O2. The molecule has 0 radical (unpaired) electrons. The maximum Gasteiger partial charge on any atom is 0.266 e. The lowest BCUT2D eigenvalue weighted by molar-refractivity contribution is 0.474. The molecule has 0 unspecified atom stereocenters. The van der Waals surface area contributed by atoms with Gasteiger partial charge in [0.15, 0.2) is 0 Å². The zero-order valence-corrected chi connectivity index (χ0v) is 13.0. The number of aryl methyl sites for hydroxylation is 1. The molecule has 0 saturated heterocycles. The highest BCUT2D eigenvalue weighted by Gasteiger charge is 2.16. The van der Waals surface area contributed by atoms with E-state index in [2.05, 4.69) is 36.8 Å². The summed E-state index contributed by atoms with van der Waals surface area (Å²) >= 11 is 6.55. The SMILES string of the molecule is Cc1cc(-c2cc(Br)cc(Br)c2O)c(C#N)c(=O)[nH]1. The fourth-order valence-electron chi connectivity index (χ4n) is 1.78. The van der Waals surface area contributed by atoms with Crippen LogP contribution in [0.2, 0.25) is 0 Å². The number of benzene rings is 1. The van der Waals surface area contributed by atoms with E-state index in [1.54, 1.807) is 25.1 Å². The number of phenolic OH excluding ortho intramolecular Hbond substituents is 1. The van der Waals surface area contributed by atoms with Gasteiger partial charge in [0, 0.05) is 21.3 Å². The van der Waals surface area contributed by atoms with E-state index >= 15 is 0 Å². The fourth-order valence-corrected chi connectivity index (χ4v) is 3.01. The van der Waals surface area contributed by atoms with Crippen molar-refractivity contribution in [1.82, 2.24) is 4.98 Å². The highest BCUT2D eigenvalue weighted by Crippen LogP contribution is 2.38. The quantitative estimate of drug-likeness (QED) is 0.791. The monoisotopic (exact) mass is 382 g/mol. The van der Waals surface area contributed by atoms with Crippen molar-refractivity contribution in [3.05, 3.63) is 48.8 Å². The second-order valence-electron chi connectivity index (χ2n) is 3.97. The molecule has 0 atom stereocenters. The summed E-state index contributed by atoms with van der Waals surface area (Å²) in [5, 5.41) is 19.2. The number of nitriles is 1. The van der Waals surface area contributed by atoms with Crippen LogP contribution in [0, 0.1) is 18.3 Å². The number of nitrogens with zero attached hydrogens (tertiary/aromatic N) is 1. The molecule has 1 heterocycles. The van der Waals surface area contributed by atoms with Crippen molar-refractivity contribution >= 4 is 31.9 Å². The van der Waals surface area contributed by atoms with Gasteiger partial charge in [-0.05, 0) is 41.1 Å². The van der Waals surface area contributed by atoms with E-state index in [0.717, 1.165) is 4.47 Å². The summed E-state index contributed by atoms with van der Waals surface area (Å²) in [7, 11) is 0. The van der Waals surface area contributed by atoms with Gasteiger partial charge in [-0.2, -0.15) is 5.26 Å². The zero-order chi connectivity index (χ0) is 14.2. The predicted molar refractivity (Wildman–Crippen MR) is 79.0 cm³/mol. The molecule has 4 nitrogen and oxygen atoms in total. The van der Waals surface area contributed by atoms with Crippen LogP contribution in [-0.2, 0) is 0 Å². The first-order chi connectivity index (χ1) is 8.93. The van der Waals surface area contributed by atoms with Crippen molar-refractivity contribution in [2.75, 3.05) is 0 Å². The number of pyridine rings is 1. The van der Waals surface area contributed by atoms with Gasteiger partial charge in [0.25, 0.3) is 5.56 Å². The molecule has 2 aromatic rings. The minimum atomic E-state index is -0.465. The summed E-state index contributed by atoms with van der Waals surface area (Å²) in [4.78, 5) is 14.3. The molecule has 1 aromatic carbocycles. The summed E-state index contributed by atoms with van der Waals surface area (Å²) in [6.45, 7) is 1.72. The lowest BCUT2D eigenvalue weighted by Crippen LogP contribution is -2.12. The van der Waals surface area contributed by atoms with Gasteiger partial charge in [-0.1, -0.05) is 15.9 Å². The van der Waals surface area contributed by atoms with E-state index in [9.17, 15) is 9.90 Å². The van der Waals surface area contributed by atoms with Gasteiger partial charge in [-0.25, -0.2) is 0 Å². The molecule has 19 heavy (non-hydrogen) atoms. The maximum absolute atomic E-state index is 11.8. The second kappa shape index (κ2) is 5.19. The molecule has 0 aliphatic carbocycles. The number of rotatable bonds is 1. The normalized spacial score (nSPS) is 10.2. The molecule has 0 amide bonds. The molecule has 0 spiro atoms. The Morgan fingerprint density at radius 1 is 1.26 bits per heavy atom.